The van der Waals surface area contributed by atoms with Crippen LogP contribution >= 0.6 is 0 Å². The van der Waals surface area contributed by atoms with Crippen LogP contribution in [0.25, 0.3) is 0 Å². The Morgan fingerprint density at radius 3 is 2.67 bits per heavy atom. The normalized spacial score (nSPS) is 12.6. The van der Waals surface area contributed by atoms with Crippen molar-refractivity contribution < 1.29 is 9.90 Å². The first-order chi connectivity index (χ1) is 4.22. The van der Waals surface area contributed by atoms with Crippen LogP contribution in [0.4, 0.5) is 0 Å². The van der Waals surface area contributed by atoms with Crippen molar-refractivity contribution >= 4 is 5.97 Å². The van der Waals surface area contributed by atoms with Crippen molar-refractivity contribution in [1.29, 1.82) is 0 Å². The van der Waals surface area contributed by atoms with Gasteiger partial charge in [-0.3, -0.25) is 4.79 Å². The second-order valence-electron chi connectivity index (χ2n) is 1.70. The lowest BCUT2D eigenvalue weighted by atomic mass is 10.2. The molecule has 0 amide bonds. The van der Waals surface area contributed by atoms with E-state index in [9.17, 15) is 4.79 Å². The molecule has 0 heterocycles. The van der Waals surface area contributed by atoms with Crippen molar-refractivity contribution in [3.8, 4) is 0 Å². The van der Waals surface area contributed by atoms with Gasteiger partial charge < -0.3 is 10.4 Å². The molecule has 0 saturated heterocycles. The Bertz CT molecular complexity index is 112. The Morgan fingerprint density at radius 1 is 2.00 bits per heavy atom. The van der Waals surface area contributed by atoms with Gasteiger partial charge >= 0.3 is 5.97 Å². The third-order valence-corrected chi connectivity index (χ3v) is 1.05. The summed E-state index contributed by atoms with van der Waals surface area (Å²) in [5.41, 5.74) is 0. The molecule has 0 unspecified atom stereocenters. The molecule has 0 fully saturated rings. The van der Waals surface area contributed by atoms with E-state index in [-0.39, 0.29) is 0 Å². The van der Waals surface area contributed by atoms with Gasteiger partial charge in [0, 0.05) is 0 Å². The smallest absolute Gasteiger partial charge is 0.321 e. The van der Waals surface area contributed by atoms with Crippen molar-refractivity contribution in [3.63, 3.8) is 0 Å². The molecule has 1 atom stereocenters. The highest BCUT2D eigenvalue weighted by Gasteiger charge is 2.10. The molecular weight excluding hydrogens is 118 g/mol. The molecule has 0 aliphatic heterocycles. The fourth-order valence-electron chi connectivity index (χ4n) is 0.509. The second kappa shape index (κ2) is 4.09. The number of aliphatic carboxylic acids is 1. The van der Waals surface area contributed by atoms with Crippen LogP contribution in [-0.2, 0) is 4.79 Å². The molecule has 3 heteroatoms. The highest BCUT2D eigenvalue weighted by Crippen LogP contribution is 1.90. The zero-order chi connectivity index (χ0) is 7.28. The first-order valence-corrected chi connectivity index (χ1v) is 2.73. The lowest BCUT2D eigenvalue weighted by Crippen LogP contribution is -2.32. The topological polar surface area (TPSA) is 49.3 Å². The average Bonchev–Trinajstić information content (AvgIpc) is 1.82. The summed E-state index contributed by atoms with van der Waals surface area (Å²) >= 11 is 0. The van der Waals surface area contributed by atoms with E-state index < -0.39 is 12.0 Å². The molecular formula is C6H11NO2. The minimum absolute atomic E-state index is 0.464. The number of carboxylic acid groups (broad SMARTS) is 1. The summed E-state index contributed by atoms with van der Waals surface area (Å²) < 4.78 is 0. The van der Waals surface area contributed by atoms with E-state index in [0.29, 0.717) is 6.42 Å². The summed E-state index contributed by atoms with van der Waals surface area (Å²) in [5, 5.41) is 11.0. The number of likely N-dealkylation sites (N-methyl/N-ethyl adjacent to an activating group) is 1. The molecule has 0 aliphatic rings. The van der Waals surface area contributed by atoms with Crippen LogP contribution in [0, 0.1) is 0 Å². The maximum atomic E-state index is 10.2. The molecule has 0 aliphatic carbocycles. The highest BCUT2D eigenvalue weighted by atomic mass is 16.4. The van der Waals surface area contributed by atoms with E-state index in [2.05, 4.69) is 11.9 Å². The molecule has 3 nitrogen and oxygen atoms in total. The third kappa shape index (κ3) is 2.87. The number of carbonyl (C=O) groups is 1. The molecule has 0 aromatic carbocycles. The molecule has 0 bridgehead atoms. The Hall–Kier alpha value is -0.830. The van der Waals surface area contributed by atoms with Gasteiger partial charge in [0.2, 0.25) is 0 Å². The summed E-state index contributed by atoms with van der Waals surface area (Å²) in [4.78, 5) is 10.2. The summed E-state index contributed by atoms with van der Waals surface area (Å²) in [6, 6.07) is -0.484. The molecule has 9 heavy (non-hydrogen) atoms. The molecule has 0 spiro atoms. The molecule has 0 saturated carbocycles. The molecule has 0 aromatic heterocycles. The largest absolute Gasteiger partial charge is 0.480 e. The fraction of sp³-hybridized carbons (Fsp3) is 0.500. The van der Waals surface area contributed by atoms with E-state index >= 15 is 0 Å². The van der Waals surface area contributed by atoms with Gasteiger partial charge in [-0.1, -0.05) is 6.08 Å². The maximum absolute atomic E-state index is 10.2. The van der Waals surface area contributed by atoms with Gasteiger partial charge in [-0.15, -0.1) is 6.58 Å². The SMILES string of the molecule is C=CC[C@@H](NC)C(=O)O. The van der Waals surface area contributed by atoms with E-state index in [0.717, 1.165) is 0 Å². The van der Waals surface area contributed by atoms with Crippen LogP contribution < -0.4 is 5.32 Å². The second-order valence-corrected chi connectivity index (χ2v) is 1.70. The van der Waals surface area contributed by atoms with E-state index in [4.69, 9.17) is 5.11 Å². The van der Waals surface area contributed by atoms with E-state index in [1.165, 1.54) is 0 Å². The van der Waals surface area contributed by atoms with Gasteiger partial charge in [0.1, 0.15) is 6.04 Å². The van der Waals surface area contributed by atoms with Gasteiger partial charge in [-0.2, -0.15) is 0 Å². The molecule has 0 rings (SSSR count). The summed E-state index contributed by atoms with van der Waals surface area (Å²) in [6.45, 7) is 3.43. The van der Waals surface area contributed by atoms with Crippen LogP contribution in [0.15, 0.2) is 12.7 Å². The summed E-state index contributed by atoms with van der Waals surface area (Å²) in [5.74, 6) is -0.836. The number of rotatable bonds is 4. The fourth-order valence-corrected chi connectivity index (χ4v) is 0.509. The van der Waals surface area contributed by atoms with E-state index in [1.807, 2.05) is 0 Å². The van der Waals surface area contributed by atoms with Gasteiger partial charge in [0.05, 0.1) is 0 Å². The summed E-state index contributed by atoms with van der Waals surface area (Å²) in [6.07, 6.45) is 2.04. The van der Waals surface area contributed by atoms with Crippen molar-refractivity contribution in [2.24, 2.45) is 0 Å². The number of nitrogens with one attached hydrogen (secondary N) is 1. The molecule has 0 radical (unpaired) electrons. The quantitative estimate of drug-likeness (QED) is 0.534. The Morgan fingerprint density at radius 2 is 2.56 bits per heavy atom. The van der Waals surface area contributed by atoms with Crippen molar-refractivity contribution in [2.45, 2.75) is 12.5 Å². The predicted octanol–water partition coefficient (Wildman–Crippen LogP) is 0.235. The van der Waals surface area contributed by atoms with Crippen LogP contribution in [0.2, 0.25) is 0 Å². The number of hydrogen-bond donors (Lipinski definition) is 2. The van der Waals surface area contributed by atoms with Gasteiger partial charge in [0.15, 0.2) is 0 Å². The maximum Gasteiger partial charge on any atom is 0.321 e. The standard InChI is InChI=1S/C6H11NO2/c1-3-4-5(7-2)6(8)9/h3,5,7H,1,4H2,2H3,(H,8,9)/t5-/m1/s1. The average molecular weight is 129 g/mol. The predicted molar refractivity (Wildman–Crippen MR) is 35.3 cm³/mol. The Labute approximate surface area is 54.4 Å². The monoisotopic (exact) mass is 129 g/mol. The Kier molecular flexibility index (Phi) is 3.71. The summed E-state index contributed by atoms with van der Waals surface area (Å²) in [7, 11) is 1.61. The zero-order valence-corrected chi connectivity index (χ0v) is 5.42. The van der Waals surface area contributed by atoms with E-state index in [1.54, 1.807) is 13.1 Å². The van der Waals surface area contributed by atoms with Crippen molar-refractivity contribution in [1.82, 2.24) is 5.32 Å². The number of carboxylic acids is 1. The van der Waals surface area contributed by atoms with Crippen LogP contribution in [0.5, 0.6) is 0 Å². The lowest BCUT2D eigenvalue weighted by Gasteiger charge is -2.05. The van der Waals surface area contributed by atoms with Gasteiger partial charge in [-0.25, -0.2) is 0 Å². The molecule has 52 valence electrons. The van der Waals surface area contributed by atoms with Crippen LogP contribution in [0.1, 0.15) is 6.42 Å². The minimum Gasteiger partial charge on any atom is -0.480 e. The zero-order valence-electron chi connectivity index (χ0n) is 5.42. The van der Waals surface area contributed by atoms with Gasteiger partial charge in [-0.05, 0) is 13.5 Å². The molecule has 0 aromatic rings. The van der Waals surface area contributed by atoms with Crippen molar-refractivity contribution in [2.75, 3.05) is 7.05 Å². The molecule has 2 N–H and O–H groups in total. The first-order valence-electron chi connectivity index (χ1n) is 2.73. The lowest BCUT2D eigenvalue weighted by molar-refractivity contribution is -0.139. The van der Waals surface area contributed by atoms with Gasteiger partial charge in [0.25, 0.3) is 0 Å². The number of hydrogen-bond acceptors (Lipinski definition) is 2. The van der Waals surface area contributed by atoms with Crippen LogP contribution in [0.3, 0.4) is 0 Å². The highest BCUT2D eigenvalue weighted by molar-refractivity contribution is 5.73. The minimum atomic E-state index is -0.836. The third-order valence-electron chi connectivity index (χ3n) is 1.05. The first kappa shape index (κ1) is 8.17. The van der Waals surface area contributed by atoms with Crippen molar-refractivity contribution in [3.05, 3.63) is 12.7 Å². The Balaban J connectivity index is 3.67. The van der Waals surface area contributed by atoms with Crippen LogP contribution in [-0.4, -0.2) is 24.2 Å².